The highest BCUT2D eigenvalue weighted by molar-refractivity contribution is 6.51. The molecule has 33 heavy (non-hydrogen) atoms. The van der Waals surface area contributed by atoms with Crippen LogP contribution in [-0.2, 0) is 9.59 Å². The number of aliphatic hydroxyl groups excluding tert-OH is 1. The fourth-order valence-electron chi connectivity index (χ4n) is 3.79. The molecule has 1 aliphatic heterocycles. The predicted molar refractivity (Wildman–Crippen MR) is 124 cm³/mol. The van der Waals surface area contributed by atoms with Crippen LogP contribution in [-0.4, -0.2) is 35.5 Å². The largest absolute Gasteiger partial charge is 0.507 e. The van der Waals surface area contributed by atoms with Gasteiger partial charge in [-0.05, 0) is 60.5 Å². The third-order valence-corrected chi connectivity index (χ3v) is 5.42. The van der Waals surface area contributed by atoms with Crippen LogP contribution < -0.4 is 14.4 Å². The average molecular weight is 444 g/mol. The molecule has 1 N–H and O–H groups in total. The molecule has 1 atom stereocenters. The normalized spacial score (nSPS) is 17.3. The van der Waals surface area contributed by atoms with E-state index in [-0.39, 0.29) is 11.3 Å². The SMILES string of the molecule is CCCOc1ccc(C2/C(=C(/O)c3ccncc3)C(=O)C(=O)N2c2ccc(OC)cc2)cc1. The van der Waals surface area contributed by atoms with Crippen LogP contribution in [0.15, 0.2) is 78.6 Å². The monoisotopic (exact) mass is 444 g/mol. The molecule has 0 radical (unpaired) electrons. The molecule has 1 unspecified atom stereocenters. The summed E-state index contributed by atoms with van der Waals surface area (Å²) in [6.45, 7) is 2.61. The Morgan fingerprint density at radius 3 is 2.21 bits per heavy atom. The lowest BCUT2D eigenvalue weighted by molar-refractivity contribution is -0.132. The molecule has 0 aliphatic carbocycles. The van der Waals surface area contributed by atoms with Crippen molar-refractivity contribution in [1.82, 2.24) is 4.98 Å². The minimum absolute atomic E-state index is 0.0178. The van der Waals surface area contributed by atoms with E-state index in [1.54, 1.807) is 67.8 Å². The highest BCUT2D eigenvalue weighted by atomic mass is 16.5. The number of nitrogens with zero attached hydrogens (tertiary/aromatic N) is 2. The Kier molecular flexibility index (Phi) is 6.40. The molecule has 7 nitrogen and oxygen atoms in total. The molecule has 1 aliphatic rings. The van der Waals surface area contributed by atoms with E-state index in [1.807, 2.05) is 6.92 Å². The van der Waals surface area contributed by atoms with E-state index in [2.05, 4.69) is 4.98 Å². The van der Waals surface area contributed by atoms with Crippen LogP contribution in [0, 0.1) is 0 Å². The van der Waals surface area contributed by atoms with E-state index in [4.69, 9.17) is 9.47 Å². The summed E-state index contributed by atoms with van der Waals surface area (Å²) >= 11 is 0. The first-order valence-electron chi connectivity index (χ1n) is 10.6. The molecule has 2 heterocycles. The highest BCUT2D eigenvalue weighted by Gasteiger charge is 2.47. The fraction of sp³-hybridized carbons (Fsp3) is 0.192. The molecule has 1 aromatic heterocycles. The summed E-state index contributed by atoms with van der Waals surface area (Å²) in [7, 11) is 1.55. The molecular formula is C26H24N2O5. The van der Waals surface area contributed by atoms with Crippen LogP contribution in [0.4, 0.5) is 5.69 Å². The molecule has 168 valence electrons. The van der Waals surface area contributed by atoms with Gasteiger partial charge in [-0.15, -0.1) is 0 Å². The van der Waals surface area contributed by atoms with Gasteiger partial charge in [-0.25, -0.2) is 0 Å². The third kappa shape index (κ3) is 4.30. The fourth-order valence-corrected chi connectivity index (χ4v) is 3.79. The Morgan fingerprint density at radius 1 is 0.970 bits per heavy atom. The summed E-state index contributed by atoms with van der Waals surface area (Å²) in [5, 5.41) is 11.1. The first-order chi connectivity index (χ1) is 16.0. The second-order valence-corrected chi connectivity index (χ2v) is 7.52. The molecule has 0 bridgehead atoms. The van der Waals surface area contributed by atoms with Gasteiger partial charge in [-0.3, -0.25) is 19.5 Å². The molecule has 1 fully saturated rings. The summed E-state index contributed by atoms with van der Waals surface area (Å²) < 4.78 is 10.9. The number of amides is 1. The molecule has 7 heteroatoms. The van der Waals surface area contributed by atoms with Gasteiger partial charge in [0.15, 0.2) is 0 Å². The van der Waals surface area contributed by atoms with Gasteiger partial charge in [-0.2, -0.15) is 0 Å². The number of carbonyl (C=O) groups is 2. The lowest BCUT2D eigenvalue weighted by atomic mass is 9.95. The minimum Gasteiger partial charge on any atom is -0.507 e. The van der Waals surface area contributed by atoms with Gasteiger partial charge in [0.1, 0.15) is 17.3 Å². The van der Waals surface area contributed by atoms with Crippen molar-refractivity contribution in [1.29, 1.82) is 0 Å². The van der Waals surface area contributed by atoms with E-state index >= 15 is 0 Å². The van der Waals surface area contributed by atoms with Gasteiger partial charge in [0, 0.05) is 23.6 Å². The molecule has 2 aromatic carbocycles. The van der Waals surface area contributed by atoms with Crippen LogP contribution in [0.25, 0.3) is 5.76 Å². The Labute approximate surface area is 191 Å². The molecule has 1 amide bonds. The number of hydrogen-bond acceptors (Lipinski definition) is 6. The number of aromatic nitrogens is 1. The Bertz CT molecular complexity index is 1170. The quantitative estimate of drug-likeness (QED) is 0.328. The van der Waals surface area contributed by atoms with Crippen molar-refractivity contribution < 1.29 is 24.2 Å². The zero-order valence-corrected chi connectivity index (χ0v) is 18.4. The summed E-state index contributed by atoms with van der Waals surface area (Å²) in [4.78, 5) is 31.7. The lowest BCUT2D eigenvalue weighted by Gasteiger charge is -2.25. The summed E-state index contributed by atoms with van der Waals surface area (Å²) in [6, 6.07) is 16.4. The summed E-state index contributed by atoms with van der Waals surface area (Å²) in [5.74, 6) is -0.399. The molecule has 4 rings (SSSR count). The molecule has 1 saturated heterocycles. The van der Waals surface area contributed by atoms with Crippen molar-refractivity contribution in [3.05, 3.63) is 89.8 Å². The number of benzene rings is 2. The van der Waals surface area contributed by atoms with Gasteiger partial charge in [0.25, 0.3) is 11.7 Å². The lowest BCUT2D eigenvalue weighted by Crippen LogP contribution is -2.29. The van der Waals surface area contributed by atoms with E-state index in [1.165, 1.54) is 17.3 Å². The maximum atomic E-state index is 13.2. The molecule has 3 aromatic rings. The smallest absolute Gasteiger partial charge is 0.300 e. The standard InChI is InChI=1S/C26H24N2O5/c1-3-16-33-21-8-4-17(5-9-21)23-22(24(29)18-12-14-27-15-13-18)25(30)26(31)28(23)19-6-10-20(32-2)11-7-19/h4-15,23,29H,3,16H2,1-2H3/b24-22-. The van der Waals surface area contributed by atoms with E-state index in [0.717, 1.165) is 6.42 Å². The minimum atomic E-state index is -0.813. The number of ether oxygens (including phenoxy) is 2. The first-order valence-corrected chi connectivity index (χ1v) is 10.6. The van der Waals surface area contributed by atoms with E-state index in [0.29, 0.717) is 34.9 Å². The van der Waals surface area contributed by atoms with Gasteiger partial charge in [0.2, 0.25) is 0 Å². The van der Waals surface area contributed by atoms with Gasteiger partial charge in [-0.1, -0.05) is 19.1 Å². The molecular weight excluding hydrogens is 420 g/mol. The van der Waals surface area contributed by atoms with Crippen molar-refractivity contribution in [3.8, 4) is 11.5 Å². The van der Waals surface area contributed by atoms with Crippen molar-refractivity contribution in [2.24, 2.45) is 0 Å². The number of rotatable bonds is 7. The van der Waals surface area contributed by atoms with Gasteiger partial charge in [0.05, 0.1) is 25.3 Å². The Hall–Kier alpha value is -4.13. The van der Waals surface area contributed by atoms with Crippen LogP contribution in [0.1, 0.15) is 30.5 Å². The summed E-state index contributed by atoms with van der Waals surface area (Å²) in [6.07, 6.45) is 3.91. The zero-order valence-electron chi connectivity index (χ0n) is 18.4. The molecule has 0 saturated carbocycles. The number of aliphatic hydroxyl groups is 1. The van der Waals surface area contributed by atoms with Crippen molar-refractivity contribution in [2.75, 3.05) is 18.6 Å². The zero-order chi connectivity index (χ0) is 23.4. The topological polar surface area (TPSA) is 89.0 Å². The van der Waals surface area contributed by atoms with Crippen molar-refractivity contribution in [3.63, 3.8) is 0 Å². The van der Waals surface area contributed by atoms with Crippen LogP contribution in [0.2, 0.25) is 0 Å². The summed E-state index contributed by atoms with van der Waals surface area (Å²) in [5.41, 5.74) is 1.61. The number of ketones is 1. The average Bonchev–Trinajstić information content (AvgIpc) is 3.13. The van der Waals surface area contributed by atoms with Crippen molar-refractivity contribution >= 4 is 23.1 Å². The van der Waals surface area contributed by atoms with E-state index in [9.17, 15) is 14.7 Å². The number of pyridine rings is 1. The number of carbonyl (C=O) groups excluding carboxylic acids is 2. The number of Topliss-reactive ketones (excluding diaryl/α,β-unsaturated/α-hetero) is 1. The first kappa shape index (κ1) is 22.1. The maximum Gasteiger partial charge on any atom is 0.300 e. The third-order valence-electron chi connectivity index (χ3n) is 5.42. The maximum absolute atomic E-state index is 13.2. The predicted octanol–water partition coefficient (Wildman–Crippen LogP) is 4.51. The molecule has 0 spiro atoms. The number of anilines is 1. The van der Waals surface area contributed by atoms with Crippen LogP contribution in [0.3, 0.4) is 0 Å². The Morgan fingerprint density at radius 2 is 1.61 bits per heavy atom. The Balaban J connectivity index is 1.85. The van der Waals surface area contributed by atoms with Crippen LogP contribution >= 0.6 is 0 Å². The number of methoxy groups -OCH3 is 1. The van der Waals surface area contributed by atoms with Crippen molar-refractivity contribution in [2.45, 2.75) is 19.4 Å². The second kappa shape index (κ2) is 9.56. The van der Waals surface area contributed by atoms with Gasteiger partial charge >= 0.3 is 0 Å². The second-order valence-electron chi connectivity index (χ2n) is 7.52. The highest BCUT2D eigenvalue weighted by Crippen LogP contribution is 2.42. The number of hydrogen-bond donors (Lipinski definition) is 1. The van der Waals surface area contributed by atoms with Gasteiger partial charge < -0.3 is 14.6 Å². The van der Waals surface area contributed by atoms with E-state index < -0.39 is 17.7 Å². The van der Waals surface area contributed by atoms with Crippen LogP contribution in [0.5, 0.6) is 11.5 Å².